The minimum absolute atomic E-state index is 0.158. The SMILES string of the molecule is OC[CH]CCCCO. The van der Waals surface area contributed by atoms with Crippen molar-refractivity contribution in [2.24, 2.45) is 0 Å². The molecule has 0 aromatic carbocycles. The molecule has 0 rings (SSSR count). The van der Waals surface area contributed by atoms with Gasteiger partial charge in [0.2, 0.25) is 0 Å². The van der Waals surface area contributed by atoms with Crippen LogP contribution in [0.3, 0.4) is 0 Å². The Bertz CT molecular complexity index is 31.5. The molecule has 0 aliphatic carbocycles. The van der Waals surface area contributed by atoms with E-state index in [-0.39, 0.29) is 13.2 Å². The largest absolute Gasteiger partial charge is 0.396 e. The molecule has 8 heavy (non-hydrogen) atoms. The van der Waals surface area contributed by atoms with E-state index >= 15 is 0 Å². The fourth-order valence-corrected chi connectivity index (χ4v) is 0.492. The molecule has 0 spiro atoms. The highest BCUT2D eigenvalue weighted by Gasteiger charge is 1.85. The van der Waals surface area contributed by atoms with Crippen molar-refractivity contribution in [3.05, 3.63) is 6.42 Å². The van der Waals surface area contributed by atoms with E-state index < -0.39 is 0 Å². The molecule has 0 saturated carbocycles. The maximum absolute atomic E-state index is 8.29. The predicted molar refractivity (Wildman–Crippen MR) is 32.3 cm³/mol. The Kier molecular flexibility index (Phi) is 6.85. The number of aliphatic hydroxyl groups is 2. The topological polar surface area (TPSA) is 40.5 Å². The van der Waals surface area contributed by atoms with Crippen molar-refractivity contribution in [2.45, 2.75) is 19.3 Å². The number of unbranched alkanes of at least 4 members (excludes halogenated alkanes) is 3. The predicted octanol–water partition coefficient (Wildman–Crippen LogP) is 0.346. The van der Waals surface area contributed by atoms with Crippen LogP contribution in [0.5, 0.6) is 0 Å². The first kappa shape index (κ1) is 7.92. The third kappa shape index (κ3) is 5.92. The zero-order valence-electron chi connectivity index (χ0n) is 5.01. The molecule has 0 heterocycles. The minimum Gasteiger partial charge on any atom is -0.396 e. The zero-order chi connectivity index (χ0) is 6.24. The fourth-order valence-electron chi connectivity index (χ4n) is 0.492. The van der Waals surface area contributed by atoms with Gasteiger partial charge in [-0.25, -0.2) is 0 Å². The summed E-state index contributed by atoms with van der Waals surface area (Å²) in [5.41, 5.74) is 0. The summed E-state index contributed by atoms with van der Waals surface area (Å²) in [5, 5.41) is 16.5. The monoisotopic (exact) mass is 117 g/mol. The lowest BCUT2D eigenvalue weighted by atomic mass is 10.2. The maximum Gasteiger partial charge on any atom is 0.0462 e. The average Bonchev–Trinajstić information content (AvgIpc) is 1.81. The fraction of sp³-hybridized carbons (Fsp3) is 0.833. The van der Waals surface area contributed by atoms with Gasteiger partial charge in [0.15, 0.2) is 0 Å². The standard InChI is InChI=1S/C6H13O2/c7-5-3-1-2-4-6-8/h3,7-8H,1-2,4-6H2. The maximum atomic E-state index is 8.29. The summed E-state index contributed by atoms with van der Waals surface area (Å²) < 4.78 is 0. The molecule has 0 bridgehead atoms. The highest BCUT2D eigenvalue weighted by Crippen LogP contribution is 1.95. The van der Waals surface area contributed by atoms with Gasteiger partial charge in [0, 0.05) is 13.2 Å². The van der Waals surface area contributed by atoms with E-state index in [9.17, 15) is 0 Å². The van der Waals surface area contributed by atoms with Crippen LogP contribution in [-0.2, 0) is 0 Å². The summed E-state index contributed by atoms with van der Waals surface area (Å²) in [6, 6.07) is 0. The van der Waals surface area contributed by atoms with Crippen LogP contribution in [0.15, 0.2) is 0 Å². The summed E-state index contributed by atoms with van der Waals surface area (Å²) >= 11 is 0. The first-order chi connectivity index (χ1) is 3.91. The van der Waals surface area contributed by atoms with Crippen molar-refractivity contribution in [1.29, 1.82) is 0 Å². The van der Waals surface area contributed by atoms with Gasteiger partial charge >= 0.3 is 0 Å². The molecule has 49 valence electrons. The molecule has 0 aliphatic heterocycles. The van der Waals surface area contributed by atoms with Crippen molar-refractivity contribution in [3.8, 4) is 0 Å². The van der Waals surface area contributed by atoms with Gasteiger partial charge in [0.1, 0.15) is 0 Å². The Morgan fingerprint density at radius 1 is 1.12 bits per heavy atom. The normalized spacial score (nSPS) is 9.75. The van der Waals surface area contributed by atoms with Crippen molar-refractivity contribution in [2.75, 3.05) is 13.2 Å². The second kappa shape index (κ2) is 6.92. The molecule has 0 atom stereocenters. The zero-order valence-corrected chi connectivity index (χ0v) is 5.01. The third-order valence-corrected chi connectivity index (χ3v) is 0.945. The van der Waals surface area contributed by atoms with Gasteiger partial charge in [-0.05, 0) is 19.3 Å². The molecule has 0 saturated heterocycles. The molecule has 0 fully saturated rings. The molecule has 0 unspecified atom stereocenters. The first-order valence-electron chi connectivity index (χ1n) is 2.95. The van der Waals surface area contributed by atoms with Gasteiger partial charge < -0.3 is 10.2 Å². The Balaban J connectivity index is 2.53. The van der Waals surface area contributed by atoms with E-state index in [1.165, 1.54) is 0 Å². The summed E-state index contributed by atoms with van der Waals surface area (Å²) in [4.78, 5) is 0. The highest BCUT2D eigenvalue weighted by molar-refractivity contribution is 4.60. The lowest BCUT2D eigenvalue weighted by Gasteiger charge is -1.92. The van der Waals surface area contributed by atoms with Crippen LogP contribution in [0.4, 0.5) is 0 Å². The Labute approximate surface area is 50.2 Å². The number of hydrogen-bond donors (Lipinski definition) is 2. The van der Waals surface area contributed by atoms with Gasteiger partial charge in [-0.2, -0.15) is 0 Å². The summed E-state index contributed by atoms with van der Waals surface area (Å²) in [6.07, 6.45) is 4.54. The van der Waals surface area contributed by atoms with Crippen molar-refractivity contribution in [3.63, 3.8) is 0 Å². The highest BCUT2D eigenvalue weighted by atomic mass is 16.3. The van der Waals surface area contributed by atoms with E-state index in [0.29, 0.717) is 0 Å². The summed E-state index contributed by atoms with van der Waals surface area (Å²) in [5.74, 6) is 0. The number of hydrogen-bond acceptors (Lipinski definition) is 2. The van der Waals surface area contributed by atoms with Crippen LogP contribution >= 0.6 is 0 Å². The third-order valence-electron chi connectivity index (χ3n) is 0.945. The lowest BCUT2D eigenvalue weighted by molar-refractivity contribution is 0.281. The van der Waals surface area contributed by atoms with Crippen LogP contribution < -0.4 is 0 Å². The molecule has 0 aliphatic rings. The van der Waals surface area contributed by atoms with Gasteiger partial charge in [-0.3, -0.25) is 0 Å². The Morgan fingerprint density at radius 2 is 1.88 bits per heavy atom. The van der Waals surface area contributed by atoms with Crippen molar-refractivity contribution >= 4 is 0 Å². The first-order valence-corrected chi connectivity index (χ1v) is 2.95. The van der Waals surface area contributed by atoms with E-state index in [4.69, 9.17) is 10.2 Å². The molecule has 2 heteroatoms. The smallest absolute Gasteiger partial charge is 0.0462 e. The lowest BCUT2D eigenvalue weighted by Crippen LogP contribution is -1.86. The van der Waals surface area contributed by atoms with Gasteiger partial charge in [-0.1, -0.05) is 6.42 Å². The van der Waals surface area contributed by atoms with Gasteiger partial charge in [0.05, 0.1) is 0 Å². The molecule has 0 aromatic heterocycles. The van der Waals surface area contributed by atoms with Crippen LogP contribution in [0.25, 0.3) is 0 Å². The molecular weight excluding hydrogens is 104 g/mol. The van der Waals surface area contributed by atoms with Crippen molar-refractivity contribution < 1.29 is 10.2 Å². The van der Waals surface area contributed by atoms with E-state index in [2.05, 4.69) is 0 Å². The molecule has 2 N–H and O–H groups in total. The second-order valence-electron chi connectivity index (χ2n) is 1.69. The number of aliphatic hydroxyl groups excluding tert-OH is 2. The van der Waals surface area contributed by atoms with Crippen LogP contribution in [0, 0.1) is 6.42 Å². The van der Waals surface area contributed by atoms with Gasteiger partial charge in [0.25, 0.3) is 0 Å². The summed E-state index contributed by atoms with van der Waals surface area (Å²) in [7, 11) is 0. The van der Waals surface area contributed by atoms with E-state index in [0.717, 1.165) is 19.3 Å². The van der Waals surface area contributed by atoms with Gasteiger partial charge in [-0.15, -0.1) is 0 Å². The van der Waals surface area contributed by atoms with Crippen LogP contribution in [0.1, 0.15) is 19.3 Å². The van der Waals surface area contributed by atoms with Crippen LogP contribution in [-0.4, -0.2) is 23.4 Å². The average molecular weight is 117 g/mol. The summed E-state index contributed by atoms with van der Waals surface area (Å²) in [6.45, 7) is 0.421. The molecular formula is C6H13O2. The number of rotatable bonds is 5. The van der Waals surface area contributed by atoms with Crippen molar-refractivity contribution in [1.82, 2.24) is 0 Å². The Hall–Kier alpha value is -0.0800. The van der Waals surface area contributed by atoms with Crippen LogP contribution in [0.2, 0.25) is 0 Å². The molecule has 2 nitrogen and oxygen atoms in total. The minimum atomic E-state index is 0.158. The second-order valence-corrected chi connectivity index (χ2v) is 1.69. The Morgan fingerprint density at radius 3 is 2.38 bits per heavy atom. The quantitative estimate of drug-likeness (QED) is 0.510. The van der Waals surface area contributed by atoms with E-state index in [1.807, 2.05) is 0 Å². The van der Waals surface area contributed by atoms with E-state index in [1.54, 1.807) is 6.42 Å². The molecule has 0 amide bonds. The molecule has 0 aromatic rings. The molecule has 1 radical (unpaired) electrons.